The number of thiophene rings is 1. The Hall–Kier alpha value is -0.580. The molecule has 0 saturated heterocycles. The summed E-state index contributed by atoms with van der Waals surface area (Å²) in [6.07, 6.45) is 3.29. The van der Waals surface area contributed by atoms with Gasteiger partial charge in [-0.25, -0.2) is 0 Å². The summed E-state index contributed by atoms with van der Waals surface area (Å²) in [4.78, 5) is 1.15. The van der Waals surface area contributed by atoms with Gasteiger partial charge in [0.1, 0.15) is 0 Å². The summed E-state index contributed by atoms with van der Waals surface area (Å²) in [5, 5.41) is 11.8. The monoisotopic (exact) mass is 272 g/mol. The smallest absolute Gasteiger partial charge is 0.0960 e. The Labute approximate surface area is 94.3 Å². The summed E-state index contributed by atoms with van der Waals surface area (Å²) < 4.78 is 5.98. The van der Waals surface area contributed by atoms with Gasteiger partial charge in [0, 0.05) is 21.3 Å². The first kappa shape index (κ1) is 9.96. The number of hydrogen-bond acceptors (Lipinski definition) is 3. The second kappa shape index (κ2) is 4.29. The molecular weight excluding hydrogens is 264 g/mol. The van der Waals surface area contributed by atoms with E-state index in [9.17, 15) is 5.11 Å². The second-order valence-electron chi connectivity index (χ2n) is 2.97. The molecule has 0 bridgehead atoms. The van der Waals surface area contributed by atoms with Gasteiger partial charge in [0.25, 0.3) is 0 Å². The fourth-order valence-corrected chi connectivity index (χ4v) is 2.78. The summed E-state index contributed by atoms with van der Waals surface area (Å²) in [6.45, 7) is 0. The van der Waals surface area contributed by atoms with Crippen LogP contribution in [-0.4, -0.2) is 5.11 Å². The highest BCUT2D eigenvalue weighted by Gasteiger charge is 2.12. The molecule has 14 heavy (non-hydrogen) atoms. The standard InChI is InChI=1S/C10H9BrO2S/c11-8-2-4-14-10(8)5-9(12)7-1-3-13-6-7/h1-4,6,9,12H,5H2. The Bertz CT molecular complexity index is 394. The number of halogens is 1. The van der Waals surface area contributed by atoms with Crippen molar-refractivity contribution >= 4 is 27.3 Å². The normalized spacial score (nSPS) is 13.0. The molecule has 0 saturated carbocycles. The lowest BCUT2D eigenvalue weighted by atomic mass is 10.1. The molecule has 0 amide bonds. The second-order valence-corrected chi connectivity index (χ2v) is 4.82. The maximum Gasteiger partial charge on any atom is 0.0960 e. The lowest BCUT2D eigenvalue weighted by Crippen LogP contribution is -1.98. The third-order valence-corrected chi connectivity index (χ3v) is 3.95. The van der Waals surface area contributed by atoms with Crippen LogP contribution in [0.2, 0.25) is 0 Å². The van der Waals surface area contributed by atoms with E-state index >= 15 is 0 Å². The average molecular weight is 273 g/mol. The molecule has 74 valence electrons. The molecule has 1 N–H and O–H groups in total. The molecule has 0 aliphatic heterocycles. The Morgan fingerprint density at radius 1 is 1.50 bits per heavy atom. The van der Waals surface area contributed by atoms with Crippen LogP contribution in [0.25, 0.3) is 0 Å². The van der Waals surface area contributed by atoms with E-state index < -0.39 is 6.10 Å². The molecule has 2 aromatic rings. The van der Waals surface area contributed by atoms with Crippen molar-refractivity contribution in [1.82, 2.24) is 0 Å². The van der Waals surface area contributed by atoms with Gasteiger partial charge in [0.15, 0.2) is 0 Å². The first-order valence-electron chi connectivity index (χ1n) is 4.19. The van der Waals surface area contributed by atoms with E-state index in [-0.39, 0.29) is 0 Å². The van der Waals surface area contributed by atoms with Crippen LogP contribution in [0, 0.1) is 0 Å². The quantitative estimate of drug-likeness (QED) is 0.930. The van der Waals surface area contributed by atoms with Crippen LogP contribution in [0.3, 0.4) is 0 Å². The number of aliphatic hydroxyl groups is 1. The van der Waals surface area contributed by atoms with Gasteiger partial charge in [-0.05, 0) is 33.4 Å². The molecule has 0 aliphatic carbocycles. The van der Waals surface area contributed by atoms with Crippen molar-refractivity contribution in [1.29, 1.82) is 0 Å². The van der Waals surface area contributed by atoms with Crippen LogP contribution in [0.4, 0.5) is 0 Å². The zero-order valence-electron chi connectivity index (χ0n) is 7.31. The lowest BCUT2D eigenvalue weighted by molar-refractivity contribution is 0.178. The van der Waals surface area contributed by atoms with E-state index in [1.807, 2.05) is 11.4 Å². The zero-order valence-corrected chi connectivity index (χ0v) is 9.72. The predicted octanol–water partition coefficient (Wildman–Crippen LogP) is 3.38. The van der Waals surface area contributed by atoms with Crippen molar-refractivity contribution in [2.24, 2.45) is 0 Å². The van der Waals surface area contributed by atoms with Crippen LogP contribution in [0.5, 0.6) is 0 Å². The minimum Gasteiger partial charge on any atom is -0.472 e. The molecule has 0 fully saturated rings. The molecule has 2 nitrogen and oxygen atoms in total. The van der Waals surface area contributed by atoms with Gasteiger partial charge in [0.05, 0.1) is 18.6 Å². The summed E-state index contributed by atoms with van der Waals surface area (Å²) in [6, 6.07) is 3.77. The number of furan rings is 1. The van der Waals surface area contributed by atoms with E-state index in [1.165, 1.54) is 0 Å². The fraction of sp³-hybridized carbons (Fsp3) is 0.200. The molecule has 1 unspecified atom stereocenters. The van der Waals surface area contributed by atoms with Crippen LogP contribution in [0.1, 0.15) is 16.5 Å². The highest BCUT2D eigenvalue weighted by Crippen LogP contribution is 2.28. The van der Waals surface area contributed by atoms with Crippen molar-refractivity contribution in [2.75, 3.05) is 0 Å². The highest BCUT2D eigenvalue weighted by atomic mass is 79.9. The Balaban J connectivity index is 2.09. The van der Waals surface area contributed by atoms with Gasteiger partial charge in [0.2, 0.25) is 0 Å². The average Bonchev–Trinajstić information content (AvgIpc) is 2.77. The maximum absolute atomic E-state index is 9.83. The summed E-state index contributed by atoms with van der Waals surface area (Å²) in [7, 11) is 0. The summed E-state index contributed by atoms with van der Waals surface area (Å²) in [5.74, 6) is 0. The SMILES string of the molecule is OC(Cc1sccc1Br)c1ccoc1. The van der Waals surface area contributed by atoms with Crippen LogP contribution >= 0.6 is 27.3 Å². The first-order chi connectivity index (χ1) is 6.77. The largest absolute Gasteiger partial charge is 0.472 e. The third-order valence-electron chi connectivity index (χ3n) is 2.00. The fourth-order valence-electron chi connectivity index (χ4n) is 1.23. The Morgan fingerprint density at radius 2 is 2.36 bits per heavy atom. The van der Waals surface area contributed by atoms with Crippen molar-refractivity contribution < 1.29 is 9.52 Å². The van der Waals surface area contributed by atoms with Gasteiger partial charge in [-0.15, -0.1) is 11.3 Å². The molecule has 0 aliphatic rings. The predicted molar refractivity (Wildman–Crippen MR) is 59.4 cm³/mol. The van der Waals surface area contributed by atoms with Crippen LogP contribution in [0.15, 0.2) is 38.9 Å². The minimum atomic E-state index is -0.483. The molecule has 2 rings (SSSR count). The van der Waals surface area contributed by atoms with E-state index in [0.29, 0.717) is 6.42 Å². The molecule has 2 heterocycles. The summed E-state index contributed by atoms with van der Waals surface area (Å²) >= 11 is 5.07. The van der Waals surface area contributed by atoms with Crippen LogP contribution < -0.4 is 0 Å². The molecule has 1 atom stereocenters. The molecule has 0 aromatic carbocycles. The topological polar surface area (TPSA) is 33.4 Å². The highest BCUT2D eigenvalue weighted by molar-refractivity contribution is 9.10. The Morgan fingerprint density at radius 3 is 2.93 bits per heavy atom. The minimum absolute atomic E-state index is 0.483. The zero-order chi connectivity index (χ0) is 9.97. The molecule has 2 aromatic heterocycles. The summed E-state index contributed by atoms with van der Waals surface area (Å²) in [5.41, 5.74) is 0.824. The van der Waals surface area contributed by atoms with Gasteiger partial charge >= 0.3 is 0 Å². The van der Waals surface area contributed by atoms with Gasteiger partial charge in [-0.1, -0.05) is 0 Å². The van der Waals surface area contributed by atoms with Crippen LogP contribution in [-0.2, 0) is 6.42 Å². The van der Waals surface area contributed by atoms with Gasteiger partial charge in [-0.2, -0.15) is 0 Å². The van der Waals surface area contributed by atoms with Crippen molar-refractivity contribution in [2.45, 2.75) is 12.5 Å². The van der Waals surface area contributed by atoms with Crippen molar-refractivity contribution in [3.8, 4) is 0 Å². The molecule has 4 heteroatoms. The first-order valence-corrected chi connectivity index (χ1v) is 5.86. The number of aliphatic hydroxyl groups excluding tert-OH is 1. The molecule has 0 radical (unpaired) electrons. The number of hydrogen-bond donors (Lipinski definition) is 1. The van der Waals surface area contributed by atoms with E-state index in [1.54, 1.807) is 29.9 Å². The lowest BCUT2D eigenvalue weighted by Gasteiger charge is -2.06. The van der Waals surface area contributed by atoms with E-state index in [4.69, 9.17) is 4.42 Å². The van der Waals surface area contributed by atoms with E-state index in [2.05, 4.69) is 15.9 Å². The van der Waals surface area contributed by atoms with E-state index in [0.717, 1.165) is 14.9 Å². The van der Waals surface area contributed by atoms with Crippen molar-refractivity contribution in [3.05, 3.63) is 45.0 Å². The number of rotatable bonds is 3. The van der Waals surface area contributed by atoms with Crippen molar-refractivity contribution in [3.63, 3.8) is 0 Å². The Kier molecular flexibility index (Phi) is 3.05. The molecule has 0 spiro atoms. The maximum atomic E-state index is 9.83. The van der Waals surface area contributed by atoms with Gasteiger partial charge in [-0.3, -0.25) is 0 Å². The molecular formula is C10H9BrO2S. The van der Waals surface area contributed by atoms with Gasteiger partial charge < -0.3 is 9.52 Å². The third kappa shape index (κ3) is 2.08.